The van der Waals surface area contributed by atoms with E-state index in [0.717, 1.165) is 49.2 Å². The van der Waals surface area contributed by atoms with Gasteiger partial charge in [0, 0.05) is 50.2 Å². The lowest BCUT2D eigenvalue weighted by Gasteiger charge is -2.32. The molecule has 1 saturated heterocycles. The first-order valence-electron chi connectivity index (χ1n) is 9.04. The highest BCUT2D eigenvalue weighted by Crippen LogP contribution is 2.18. The first-order chi connectivity index (χ1) is 12.6. The minimum absolute atomic E-state index is 0.0953. The number of pyridine rings is 1. The fraction of sp³-hybridized carbons (Fsp3) is 0.400. The quantitative estimate of drug-likeness (QED) is 0.792. The molecule has 1 aliphatic heterocycles. The number of aromatic nitrogens is 1. The standard InChI is InChI=1S/C20H26N4OS/c1-3-26-19-14-17(7-8-21-19)20(25)22-18-6-4-5-16(13-18)15-24-11-9-23(2)10-12-24/h4-8,13-14H,3,9-12,15H2,1-2H3,(H,22,25). The van der Waals surface area contributed by atoms with Crippen LogP contribution in [0.1, 0.15) is 22.8 Å². The van der Waals surface area contributed by atoms with Gasteiger partial charge in [-0.2, -0.15) is 0 Å². The third-order valence-electron chi connectivity index (χ3n) is 4.48. The molecule has 1 aromatic heterocycles. The summed E-state index contributed by atoms with van der Waals surface area (Å²) in [6.07, 6.45) is 1.69. The molecule has 0 aliphatic carbocycles. The Bertz CT molecular complexity index is 744. The number of nitrogens with zero attached hydrogens (tertiary/aromatic N) is 3. The number of carbonyl (C=O) groups excluding carboxylic acids is 1. The van der Waals surface area contributed by atoms with Crippen LogP contribution in [0.15, 0.2) is 47.6 Å². The van der Waals surface area contributed by atoms with Crippen LogP contribution in [0.25, 0.3) is 0 Å². The Morgan fingerprint density at radius 1 is 1.19 bits per heavy atom. The number of carbonyl (C=O) groups is 1. The van der Waals surface area contributed by atoms with Gasteiger partial charge in [-0.1, -0.05) is 19.1 Å². The molecule has 1 amide bonds. The number of thioether (sulfide) groups is 1. The Labute approximate surface area is 159 Å². The summed E-state index contributed by atoms with van der Waals surface area (Å²) in [6, 6.07) is 11.7. The van der Waals surface area contributed by atoms with E-state index in [0.29, 0.717) is 5.56 Å². The number of likely N-dealkylation sites (N-methyl/N-ethyl adjacent to an activating group) is 1. The maximum absolute atomic E-state index is 12.5. The summed E-state index contributed by atoms with van der Waals surface area (Å²) in [7, 11) is 2.16. The smallest absolute Gasteiger partial charge is 0.255 e. The summed E-state index contributed by atoms with van der Waals surface area (Å²) < 4.78 is 0. The van der Waals surface area contributed by atoms with Crippen molar-refractivity contribution in [1.82, 2.24) is 14.8 Å². The van der Waals surface area contributed by atoms with Crippen molar-refractivity contribution in [3.8, 4) is 0 Å². The number of amides is 1. The maximum Gasteiger partial charge on any atom is 0.255 e. The van der Waals surface area contributed by atoms with Gasteiger partial charge in [-0.15, -0.1) is 11.8 Å². The fourth-order valence-electron chi connectivity index (χ4n) is 2.99. The third-order valence-corrected chi connectivity index (χ3v) is 5.28. The van der Waals surface area contributed by atoms with Crippen LogP contribution < -0.4 is 5.32 Å². The van der Waals surface area contributed by atoms with Crippen molar-refractivity contribution in [2.75, 3.05) is 44.3 Å². The lowest BCUT2D eigenvalue weighted by molar-refractivity contribution is 0.102. The monoisotopic (exact) mass is 370 g/mol. The SMILES string of the molecule is CCSc1cc(C(=O)Nc2cccc(CN3CCN(C)CC3)c2)ccn1. The number of anilines is 1. The van der Waals surface area contributed by atoms with Gasteiger partial charge in [0.25, 0.3) is 5.91 Å². The molecule has 2 heterocycles. The molecule has 0 radical (unpaired) electrons. The van der Waals surface area contributed by atoms with E-state index in [1.165, 1.54) is 5.56 Å². The normalized spacial score (nSPS) is 15.8. The summed E-state index contributed by atoms with van der Waals surface area (Å²) >= 11 is 1.64. The van der Waals surface area contributed by atoms with E-state index in [1.807, 2.05) is 18.2 Å². The fourth-order valence-corrected chi connectivity index (χ4v) is 3.63. The van der Waals surface area contributed by atoms with Gasteiger partial charge in [0.1, 0.15) is 0 Å². The number of piperazine rings is 1. The largest absolute Gasteiger partial charge is 0.322 e. The van der Waals surface area contributed by atoms with Gasteiger partial charge in [0.2, 0.25) is 0 Å². The van der Waals surface area contributed by atoms with Crippen LogP contribution in [0.3, 0.4) is 0 Å². The minimum Gasteiger partial charge on any atom is -0.322 e. The van der Waals surface area contributed by atoms with E-state index in [2.05, 4.69) is 46.2 Å². The van der Waals surface area contributed by atoms with E-state index < -0.39 is 0 Å². The highest BCUT2D eigenvalue weighted by atomic mass is 32.2. The van der Waals surface area contributed by atoms with Gasteiger partial charge in [-0.3, -0.25) is 9.69 Å². The summed E-state index contributed by atoms with van der Waals surface area (Å²) in [4.78, 5) is 21.6. The van der Waals surface area contributed by atoms with Crippen molar-refractivity contribution in [2.45, 2.75) is 18.5 Å². The van der Waals surface area contributed by atoms with Crippen LogP contribution in [-0.4, -0.2) is 59.7 Å². The molecule has 0 unspecified atom stereocenters. The van der Waals surface area contributed by atoms with E-state index in [1.54, 1.807) is 24.0 Å². The molecule has 0 spiro atoms. The number of hydrogen-bond acceptors (Lipinski definition) is 5. The average Bonchev–Trinajstić information content (AvgIpc) is 2.64. The Kier molecular flexibility index (Phi) is 6.66. The van der Waals surface area contributed by atoms with Gasteiger partial charge in [-0.25, -0.2) is 4.98 Å². The van der Waals surface area contributed by atoms with Gasteiger partial charge in [-0.05, 0) is 42.6 Å². The number of nitrogens with one attached hydrogen (secondary N) is 1. The molecule has 6 heteroatoms. The summed E-state index contributed by atoms with van der Waals surface area (Å²) in [6.45, 7) is 7.38. The molecule has 138 valence electrons. The summed E-state index contributed by atoms with van der Waals surface area (Å²) in [5, 5.41) is 3.89. The van der Waals surface area contributed by atoms with Crippen molar-refractivity contribution in [3.63, 3.8) is 0 Å². The molecule has 1 aromatic carbocycles. The minimum atomic E-state index is -0.0953. The first kappa shape index (κ1) is 18.9. The molecule has 2 aromatic rings. The van der Waals surface area contributed by atoms with Crippen LogP contribution >= 0.6 is 11.8 Å². The van der Waals surface area contributed by atoms with Gasteiger partial charge < -0.3 is 10.2 Å². The van der Waals surface area contributed by atoms with Gasteiger partial charge in [0.15, 0.2) is 0 Å². The van der Waals surface area contributed by atoms with E-state index in [9.17, 15) is 4.79 Å². The molecule has 3 rings (SSSR count). The summed E-state index contributed by atoms with van der Waals surface area (Å²) in [5.41, 5.74) is 2.70. The number of benzene rings is 1. The molecule has 1 aliphatic rings. The number of hydrogen-bond donors (Lipinski definition) is 1. The molecule has 0 atom stereocenters. The van der Waals surface area contributed by atoms with Crippen LogP contribution in [0.2, 0.25) is 0 Å². The van der Waals surface area contributed by atoms with Crippen molar-refractivity contribution < 1.29 is 4.79 Å². The Morgan fingerprint density at radius 3 is 2.77 bits per heavy atom. The van der Waals surface area contributed by atoms with Crippen LogP contribution in [0.5, 0.6) is 0 Å². The second-order valence-corrected chi connectivity index (χ2v) is 7.83. The van der Waals surface area contributed by atoms with Crippen LogP contribution in [0.4, 0.5) is 5.69 Å². The predicted octanol–water partition coefficient (Wildman–Crippen LogP) is 3.19. The second-order valence-electron chi connectivity index (χ2n) is 6.55. The van der Waals surface area contributed by atoms with Crippen molar-refractivity contribution >= 4 is 23.4 Å². The molecule has 0 bridgehead atoms. The average molecular weight is 371 g/mol. The predicted molar refractivity (Wildman–Crippen MR) is 108 cm³/mol. The van der Waals surface area contributed by atoms with Gasteiger partial charge >= 0.3 is 0 Å². The van der Waals surface area contributed by atoms with Crippen LogP contribution in [0, 0.1) is 0 Å². The van der Waals surface area contributed by atoms with E-state index >= 15 is 0 Å². The van der Waals surface area contributed by atoms with Crippen molar-refractivity contribution in [1.29, 1.82) is 0 Å². The van der Waals surface area contributed by atoms with E-state index in [-0.39, 0.29) is 5.91 Å². The lowest BCUT2D eigenvalue weighted by Crippen LogP contribution is -2.43. The van der Waals surface area contributed by atoms with Crippen molar-refractivity contribution in [3.05, 3.63) is 53.7 Å². The second kappa shape index (κ2) is 9.16. The molecular formula is C20H26N4OS. The topological polar surface area (TPSA) is 48.5 Å². The molecule has 26 heavy (non-hydrogen) atoms. The zero-order chi connectivity index (χ0) is 18.4. The van der Waals surface area contributed by atoms with E-state index in [4.69, 9.17) is 0 Å². The highest BCUT2D eigenvalue weighted by molar-refractivity contribution is 7.99. The Balaban J connectivity index is 1.63. The van der Waals surface area contributed by atoms with Crippen LogP contribution in [-0.2, 0) is 6.54 Å². The molecular weight excluding hydrogens is 344 g/mol. The Morgan fingerprint density at radius 2 is 2.00 bits per heavy atom. The maximum atomic E-state index is 12.5. The Hall–Kier alpha value is -1.89. The zero-order valence-electron chi connectivity index (χ0n) is 15.4. The number of rotatable bonds is 6. The lowest BCUT2D eigenvalue weighted by atomic mass is 10.1. The molecule has 1 N–H and O–H groups in total. The van der Waals surface area contributed by atoms with Gasteiger partial charge in [0.05, 0.1) is 5.03 Å². The zero-order valence-corrected chi connectivity index (χ0v) is 16.3. The third kappa shape index (κ3) is 5.30. The van der Waals surface area contributed by atoms with Crippen molar-refractivity contribution in [2.24, 2.45) is 0 Å². The summed E-state index contributed by atoms with van der Waals surface area (Å²) in [5.74, 6) is 0.842. The molecule has 5 nitrogen and oxygen atoms in total. The first-order valence-corrected chi connectivity index (χ1v) is 10.0. The highest BCUT2D eigenvalue weighted by Gasteiger charge is 2.14. The molecule has 0 saturated carbocycles. The molecule has 1 fully saturated rings.